The average Bonchev–Trinajstić information content (AvgIpc) is 3.32. The molecule has 1 atom stereocenters. The van der Waals surface area contributed by atoms with Gasteiger partial charge in [0.1, 0.15) is 11.9 Å². The Morgan fingerprint density at radius 2 is 2.07 bits per heavy atom. The molecule has 3 aromatic rings. The zero-order valence-electron chi connectivity index (χ0n) is 15.7. The van der Waals surface area contributed by atoms with Crippen molar-refractivity contribution in [2.75, 3.05) is 6.61 Å². The van der Waals surface area contributed by atoms with Gasteiger partial charge in [-0.05, 0) is 49.1 Å². The number of esters is 1. The number of aromatic nitrogens is 1. The third-order valence-corrected chi connectivity index (χ3v) is 6.41. The SMILES string of the molecule is CCOC(=O)C1=C(C)N=c2sc(=Cc3ccc(F)cc3)c(=O)n2C1c1cccs1. The standard InChI is InChI=1S/C21H17FN2O3S2/c1-3-27-20(26)17-12(2)23-21-24(18(17)15-5-4-10-28-15)19(25)16(29-21)11-13-6-8-14(22)9-7-13/h4-11,18H,3H2,1-2H3. The minimum atomic E-state index is -0.583. The largest absolute Gasteiger partial charge is 0.463 e. The molecule has 0 aliphatic carbocycles. The first-order valence-corrected chi connectivity index (χ1v) is 10.7. The number of allylic oxidation sites excluding steroid dienone is 1. The van der Waals surface area contributed by atoms with Crippen molar-refractivity contribution in [3.63, 3.8) is 0 Å². The highest BCUT2D eigenvalue weighted by molar-refractivity contribution is 7.10. The fourth-order valence-electron chi connectivity index (χ4n) is 3.22. The number of carbonyl (C=O) groups is 1. The second-order valence-electron chi connectivity index (χ2n) is 6.37. The Morgan fingerprint density at radius 1 is 1.31 bits per heavy atom. The van der Waals surface area contributed by atoms with E-state index in [1.165, 1.54) is 34.8 Å². The molecule has 2 aromatic heterocycles. The van der Waals surface area contributed by atoms with Crippen molar-refractivity contribution in [3.05, 3.63) is 89.0 Å². The van der Waals surface area contributed by atoms with E-state index in [-0.39, 0.29) is 18.0 Å². The predicted molar refractivity (Wildman–Crippen MR) is 111 cm³/mol. The van der Waals surface area contributed by atoms with Crippen LogP contribution in [0.3, 0.4) is 0 Å². The molecule has 0 bridgehead atoms. The molecule has 0 saturated carbocycles. The summed E-state index contributed by atoms with van der Waals surface area (Å²) >= 11 is 2.71. The maximum Gasteiger partial charge on any atom is 0.338 e. The van der Waals surface area contributed by atoms with Gasteiger partial charge >= 0.3 is 5.97 Å². The van der Waals surface area contributed by atoms with Gasteiger partial charge in [-0.25, -0.2) is 14.2 Å². The molecule has 0 spiro atoms. The summed E-state index contributed by atoms with van der Waals surface area (Å²) in [4.78, 5) is 31.8. The van der Waals surface area contributed by atoms with Gasteiger partial charge in [0.25, 0.3) is 5.56 Å². The van der Waals surface area contributed by atoms with Gasteiger partial charge in [-0.3, -0.25) is 9.36 Å². The molecule has 0 saturated heterocycles. The van der Waals surface area contributed by atoms with Crippen LogP contribution < -0.4 is 14.9 Å². The Kier molecular flexibility index (Phi) is 5.29. The van der Waals surface area contributed by atoms with Gasteiger partial charge in [0.05, 0.1) is 22.4 Å². The molecule has 0 amide bonds. The van der Waals surface area contributed by atoms with Crippen LogP contribution in [-0.2, 0) is 9.53 Å². The number of rotatable bonds is 4. The van der Waals surface area contributed by atoms with Crippen molar-refractivity contribution in [3.8, 4) is 0 Å². The number of thiophene rings is 1. The van der Waals surface area contributed by atoms with Crippen molar-refractivity contribution in [1.82, 2.24) is 4.57 Å². The Labute approximate surface area is 173 Å². The Bertz CT molecular complexity index is 1270. The van der Waals surface area contributed by atoms with Gasteiger partial charge in [0.2, 0.25) is 0 Å². The summed E-state index contributed by atoms with van der Waals surface area (Å²) in [7, 11) is 0. The lowest BCUT2D eigenvalue weighted by Crippen LogP contribution is -2.39. The van der Waals surface area contributed by atoms with Crippen LogP contribution in [0.5, 0.6) is 0 Å². The lowest BCUT2D eigenvalue weighted by atomic mass is 10.0. The Hall–Kier alpha value is -2.84. The van der Waals surface area contributed by atoms with Crippen LogP contribution in [0.4, 0.5) is 4.39 Å². The summed E-state index contributed by atoms with van der Waals surface area (Å²) in [6.45, 7) is 3.73. The number of ether oxygens (including phenoxy) is 1. The highest BCUT2D eigenvalue weighted by Gasteiger charge is 2.33. The van der Waals surface area contributed by atoms with E-state index < -0.39 is 12.0 Å². The highest BCUT2D eigenvalue weighted by atomic mass is 32.1. The van der Waals surface area contributed by atoms with E-state index in [0.29, 0.717) is 26.2 Å². The van der Waals surface area contributed by atoms with Crippen LogP contribution in [0.2, 0.25) is 0 Å². The first-order valence-electron chi connectivity index (χ1n) is 8.98. The molecule has 3 heterocycles. The van der Waals surface area contributed by atoms with Gasteiger partial charge in [0, 0.05) is 4.88 Å². The topological polar surface area (TPSA) is 60.7 Å². The maximum atomic E-state index is 13.3. The number of halogens is 1. The van der Waals surface area contributed by atoms with E-state index >= 15 is 0 Å². The molecule has 1 unspecified atom stereocenters. The van der Waals surface area contributed by atoms with Crippen LogP contribution in [0.25, 0.3) is 6.08 Å². The molecule has 0 radical (unpaired) electrons. The minimum absolute atomic E-state index is 0.238. The molecule has 0 fully saturated rings. The summed E-state index contributed by atoms with van der Waals surface area (Å²) in [5.74, 6) is -0.809. The van der Waals surface area contributed by atoms with Crippen molar-refractivity contribution in [2.45, 2.75) is 19.9 Å². The Morgan fingerprint density at radius 3 is 2.72 bits per heavy atom. The number of hydrogen-bond acceptors (Lipinski definition) is 6. The highest BCUT2D eigenvalue weighted by Crippen LogP contribution is 2.33. The van der Waals surface area contributed by atoms with Crippen LogP contribution in [0.1, 0.15) is 30.3 Å². The van der Waals surface area contributed by atoms with E-state index in [1.807, 2.05) is 17.5 Å². The summed E-state index contributed by atoms with van der Waals surface area (Å²) < 4.78 is 20.4. The van der Waals surface area contributed by atoms with Crippen molar-refractivity contribution < 1.29 is 13.9 Å². The molecule has 1 aromatic carbocycles. The van der Waals surface area contributed by atoms with Gasteiger partial charge in [-0.15, -0.1) is 11.3 Å². The first kappa shape index (κ1) is 19.5. The maximum absolute atomic E-state index is 13.3. The number of thiazole rings is 1. The number of carbonyl (C=O) groups excluding carboxylic acids is 1. The fraction of sp³-hybridized carbons (Fsp3) is 0.190. The van der Waals surface area contributed by atoms with Crippen molar-refractivity contribution in [1.29, 1.82) is 0 Å². The molecule has 4 rings (SSSR count). The predicted octanol–water partition coefficient (Wildman–Crippen LogP) is 3.00. The lowest BCUT2D eigenvalue weighted by molar-refractivity contribution is -0.139. The summed E-state index contributed by atoms with van der Waals surface area (Å²) in [6.07, 6.45) is 1.71. The zero-order valence-corrected chi connectivity index (χ0v) is 17.3. The molecule has 0 N–H and O–H groups in total. The van der Waals surface area contributed by atoms with Gasteiger partial charge in [-0.2, -0.15) is 0 Å². The fourth-order valence-corrected chi connectivity index (χ4v) is 5.09. The van der Waals surface area contributed by atoms with Gasteiger partial charge < -0.3 is 4.74 Å². The second kappa shape index (κ2) is 7.88. The normalized spacial score (nSPS) is 16.5. The molecular formula is C21H17FN2O3S2. The van der Waals surface area contributed by atoms with Gasteiger partial charge in [0.15, 0.2) is 4.80 Å². The van der Waals surface area contributed by atoms with Crippen molar-refractivity contribution in [2.24, 2.45) is 4.99 Å². The van der Waals surface area contributed by atoms with Crippen molar-refractivity contribution >= 4 is 34.7 Å². The quantitative estimate of drug-likeness (QED) is 0.601. The average molecular weight is 429 g/mol. The van der Waals surface area contributed by atoms with E-state index in [2.05, 4.69) is 4.99 Å². The van der Waals surface area contributed by atoms with Crippen LogP contribution in [-0.4, -0.2) is 17.1 Å². The van der Waals surface area contributed by atoms with E-state index in [4.69, 9.17) is 4.74 Å². The van der Waals surface area contributed by atoms with Gasteiger partial charge in [-0.1, -0.05) is 29.5 Å². The molecule has 29 heavy (non-hydrogen) atoms. The molecular weight excluding hydrogens is 411 g/mol. The molecule has 8 heteroatoms. The number of fused-ring (bicyclic) bond motifs is 1. The number of hydrogen-bond donors (Lipinski definition) is 0. The summed E-state index contributed by atoms with van der Waals surface area (Å²) in [5, 5.41) is 1.90. The van der Waals surface area contributed by atoms with Crippen LogP contribution in [0.15, 0.2) is 62.8 Å². The van der Waals surface area contributed by atoms with E-state index in [1.54, 1.807) is 36.6 Å². The number of benzene rings is 1. The third-order valence-electron chi connectivity index (χ3n) is 4.50. The van der Waals surface area contributed by atoms with Crippen LogP contribution >= 0.6 is 22.7 Å². The molecule has 148 valence electrons. The number of nitrogens with zero attached hydrogens (tertiary/aromatic N) is 2. The molecule has 1 aliphatic rings. The zero-order chi connectivity index (χ0) is 20.5. The minimum Gasteiger partial charge on any atom is -0.463 e. The smallest absolute Gasteiger partial charge is 0.338 e. The first-order chi connectivity index (χ1) is 14.0. The molecule has 1 aliphatic heterocycles. The third kappa shape index (κ3) is 3.61. The monoisotopic (exact) mass is 428 g/mol. The second-order valence-corrected chi connectivity index (χ2v) is 8.36. The van der Waals surface area contributed by atoms with E-state index in [0.717, 1.165) is 4.88 Å². The van der Waals surface area contributed by atoms with E-state index in [9.17, 15) is 14.0 Å². The summed E-state index contributed by atoms with van der Waals surface area (Å²) in [5.41, 5.74) is 1.38. The lowest BCUT2D eigenvalue weighted by Gasteiger charge is -2.23. The van der Waals surface area contributed by atoms with Crippen LogP contribution in [0, 0.1) is 5.82 Å². The molecule has 5 nitrogen and oxygen atoms in total. The summed E-state index contributed by atoms with van der Waals surface area (Å²) in [6, 6.07) is 9.11. The Balaban J connectivity index is 1.93.